The van der Waals surface area contributed by atoms with Crippen LogP contribution in [0.1, 0.15) is 18.5 Å². The SMILES string of the molecule is Nc1[nH]nc(CCCCO)c1-c1nc2ccccc2s1. The van der Waals surface area contributed by atoms with Crippen molar-refractivity contribution in [1.82, 2.24) is 15.2 Å². The zero-order chi connectivity index (χ0) is 13.9. The fraction of sp³-hybridized carbons (Fsp3) is 0.286. The third kappa shape index (κ3) is 2.39. The maximum Gasteiger partial charge on any atom is 0.130 e. The first-order chi connectivity index (χ1) is 9.79. The average molecular weight is 288 g/mol. The minimum absolute atomic E-state index is 0.205. The highest BCUT2D eigenvalue weighted by Gasteiger charge is 2.16. The topological polar surface area (TPSA) is 87.8 Å². The van der Waals surface area contributed by atoms with Crippen LogP contribution in [-0.2, 0) is 6.42 Å². The van der Waals surface area contributed by atoms with Crippen LogP contribution in [-0.4, -0.2) is 26.9 Å². The molecule has 0 aliphatic carbocycles. The van der Waals surface area contributed by atoms with Crippen molar-refractivity contribution in [2.75, 3.05) is 12.3 Å². The van der Waals surface area contributed by atoms with Gasteiger partial charge in [-0.1, -0.05) is 12.1 Å². The Morgan fingerprint density at radius 1 is 1.25 bits per heavy atom. The summed E-state index contributed by atoms with van der Waals surface area (Å²) >= 11 is 1.62. The van der Waals surface area contributed by atoms with E-state index in [1.165, 1.54) is 0 Å². The summed E-state index contributed by atoms with van der Waals surface area (Å²) < 4.78 is 1.14. The summed E-state index contributed by atoms with van der Waals surface area (Å²) in [5.74, 6) is 0.558. The summed E-state index contributed by atoms with van der Waals surface area (Å²) in [6.07, 6.45) is 2.45. The fourth-order valence-electron chi connectivity index (χ4n) is 2.20. The number of aliphatic hydroxyl groups excluding tert-OH is 1. The summed E-state index contributed by atoms with van der Waals surface area (Å²) in [6.45, 7) is 0.205. The van der Waals surface area contributed by atoms with E-state index in [1.807, 2.05) is 18.2 Å². The number of fused-ring (bicyclic) bond motifs is 1. The van der Waals surface area contributed by atoms with Gasteiger partial charge >= 0.3 is 0 Å². The van der Waals surface area contributed by atoms with E-state index < -0.39 is 0 Å². The Morgan fingerprint density at radius 2 is 2.10 bits per heavy atom. The lowest BCUT2D eigenvalue weighted by molar-refractivity contribution is 0.284. The van der Waals surface area contributed by atoms with Crippen molar-refractivity contribution in [3.8, 4) is 10.6 Å². The number of benzene rings is 1. The van der Waals surface area contributed by atoms with E-state index in [0.29, 0.717) is 5.82 Å². The number of hydrogen-bond donors (Lipinski definition) is 3. The predicted molar refractivity (Wildman–Crippen MR) is 81.6 cm³/mol. The number of para-hydroxylation sites is 1. The van der Waals surface area contributed by atoms with Gasteiger partial charge in [-0.2, -0.15) is 5.10 Å². The van der Waals surface area contributed by atoms with Crippen molar-refractivity contribution in [3.63, 3.8) is 0 Å². The molecule has 0 amide bonds. The largest absolute Gasteiger partial charge is 0.396 e. The molecular formula is C14H16N4OS. The second kappa shape index (κ2) is 5.60. The average Bonchev–Trinajstić information content (AvgIpc) is 3.02. The van der Waals surface area contributed by atoms with Crippen LogP contribution in [0, 0.1) is 0 Å². The van der Waals surface area contributed by atoms with Crippen molar-refractivity contribution < 1.29 is 5.11 Å². The number of hydrogen-bond acceptors (Lipinski definition) is 5. The van der Waals surface area contributed by atoms with Gasteiger partial charge in [0.25, 0.3) is 0 Å². The summed E-state index contributed by atoms with van der Waals surface area (Å²) in [6, 6.07) is 8.03. The standard InChI is InChI=1S/C14H16N4OS/c15-13-12(10(17-18-13)6-3-4-8-19)14-16-9-5-1-2-7-11(9)20-14/h1-2,5,7,19H,3-4,6,8H2,(H3,15,17,18). The normalized spacial score (nSPS) is 11.2. The summed E-state index contributed by atoms with van der Waals surface area (Å²) in [4.78, 5) is 4.63. The number of anilines is 1. The summed E-state index contributed by atoms with van der Waals surface area (Å²) in [5, 5.41) is 16.9. The van der Waals surface area contributed by atoms with Crippen molar-refractivity contribution in [2.45, 2.75) is 19.3 Å². The number of aromatic amines is 1. The van der Waals surface area contributed by atoms with Gasteiger partial charge in [0.05, 0.1) is 21.5 Å². The number of nitrogens with two attached hydrogens (primary N) is 1. The van der Waals surface area contributed by atoms with Crippen molar-refractivity contribution >= 4 is 27.4 Å². The first-order valence-electron chi connectivity index (χ1n) is 6.59. The molecule has 6 heteroatoms. The van der Waals surface area contributed by atoms with E-state index in [4.69, 9.17) is 10.8 Å². The zero-order valence-corrected chi connectivity index (χ0v) is 11.8. The van der Waals surface area contributed by atoms with Crippen LogP contribution < -0.4 is 5.73 Å². The molecule has 0 spiro atoms. The number of aryl methyl sites for hydroxylation is 1. The lowest BCUT2D eigenvalue weighted by atomic mass is 10.1. The van der Waals surface area contributed by atoms with Gasteiger partial charge in [0, 0.05) is 6.61 Å². The monoisotopic (exact) mass is 288 g/mol. The summed E-state index contributed by atoms with van der Waals surface area (Å²) in [7, 11) is 0. The molecule has 4 N–H and O–H groups in total. The molecule has 104 valence electrons. The van der Waals surface area contributed by atoms with Gasteiger partial charge in [-0.15, -0.1) is 11.3 Å². The van der Waals surface area contributed by atoms with Crippen LogP contribution in [0.25, 0.3) is 20.8 Å². The smallest absolute Gasteiger partial charge is 0.130 e. The van der Waals surface area contributed by atoms with Gasteiger partial charge in [-0.05, 0) is 31.4 Å². The first kappa shape index (κ1) is 13.1. The Labute approximate surface area is 120 Å². The minimum atomic E-state index is 0.205. The van der Waals surface area contributed by atoms with Crippen LogP contribution >= 0.6 is 11.3 Å². The molecule has 2 aromatic heterocycles. The van der Waals surface area contributed by atoms with E-state index in [-0.39, 0.29) is 6.61 Å². The highest BCUT2D eigenvalue weighted by molar-refractivity contribution is 7.21. The highest BCUT2D eigenvalue weighted by Crippen LogP contribution is 2.35. The second-order valence-corrected chi connectivity index (χ2v) is 5.66. The maximum absolute atomic E-state index is 8.87. The Morgan fingerprint density at radius 3 is 2.90 bits per heavy atom. The number of rotatable bonds is 5. The molecule has 3 aromatic rings. The maximum atomic E-state index is 8.87. The molecule has 0 aliphatic heterocycles. The van der Waals surface area contributed by atoms with Gasteiger partial charge < -0.3 is 10.8 Å². The van der Waals surface area contributed by atoms with Gasteiger partial charge in [0.2, 0.25) is 0 Å². The molecule has 3 rings (SSSR count). The molecule has 0 unspecified atom stereocenters. The van der Waals surface area contributed by atoms with E-state index >= 15 is 0 Å². The lowest BCUT2D eigenvalue weighted by Crippen LogP contribution is -1.93. The zero-order valence-electron chi connectivity index (χ0n) is 11.0. The third-order valence-corrected chi connectivity index (χ3v) is 4.25. The molecule has 0 aliphatic rings. The first-order valence-corrected chi connectivity index (χ1v) is 7.40. The Bertz CT molecular complexity index is 686. The Balaban J connectivity index is 1.98. The van der Waals surface area contributed by atoms with Crippen molar-refractivity contribution in [1.29, 1.82) is 0 Å². The molecular weight excluding hydrogens is 272 g/mol. The van der Waals surface area contributed by atoms with E-state index in [1.54, 1.807) is 11.3 Å². The summed E-state index contributed by atoms with van der Waals surface area (Å²) in [5.41, 5.74) is 8.81. The van der Waals surface area contributed by atoms with Gasteiger partial charge in [0.1, 0.15) is 10.8 Å². The number of H-pyrrole nitrogens is 1. The van der Waals surface area contributed by atoms with Crippen LogP contribution in [0.2, 0.25) is 0 Å². The van der Waals surface area contributed by atoms with E-state index in [0.717, 1.165) is 45.7 Å². The number of aliphatic hydroxyl groups is 1. The fourth-order valence-corrected chi connectivity index (χ4v) is 3.24. The predicted octanol–water partition coefficient (Wildman–Crippen LogP) is 2.58. The van der Waals surface area contributed by atoms with E-state index in [2.05, 4.69) is 21.2 Å². The minimum Gasteiger partial charge on any atom is -0.396 e. The molecule has 2 heterocycles. The van der Waals surface area contributed by atoms with Gasteiger partial charge in [-0.25, -0.2) is 4.98 Å². The third-order valence-electron chi connectivity index (χ3n) is 3.20. The number of nitrogens with one attached hydrogen (secondary N) is 1. The number of aromatic nitrogens is 3. The molecule has 0 atom stereocenters. The lowest BCUT2D eigenvalue weighted by Gasteiger charge is -1.99. The molecule has 0 bridgehead atoms. The Hall–Kier alpha value is -1.92. The van der Waals surface area contributed by atoms with Crippen LogP contribution in [0.4, 0.5) is 5.82 Å². The number of thiazole rings is 1. The molecule has 20 heavy (non-hydrogen) atoms. The molecule has 0 radical (unpaired) electrons. The molecule has 1 aromatic carbocycles. The van der Waals surface area contributed by atoms with Gasteiger partial charge in [0.15, 0.2) is 0 Å². The van der Waals surface area contributed by atoms with Gasteiger partial charge in [-0.3, -0.25) is 5.10 Å². The molecule has 5 nitrogen and oxygen atoms in total. The molecule has 0 fully saturated rings. The van der Waals surface area contributed by atoms with Crippen LogP contribution in [0.3, 0.4) is 0 Å². The number of nitrogen functional groups attached to an aromatic ring is 1. The second-order valence-electron chi connectivity index (χ2n) is 4.63. The van der Waals surface area contributed by atoms with Crippen molar-refractivity contribution in [3.05, 3.63) is 30.0 Å². The molecule has 0 saturated heterocycles. The van der Waals surface area contributed by atoms with Crippen LogP contribution in [0.5, 0.6) is 0 Å². The number of nitrogens with zero attached hydrogens (tertiary/aromatic N) is 2. The van der Waals surface area contributed by atoms with E-state index in [9.17, 15) is 0 Å². The highest BCUT2D eigenvalue weighted by atomic mass is 32.1. The quantitative estimate of drug-likeness (QED) is 0.630. The van der Waals surface area contributed by atoms with Crippen molar-refractivity contribution in [2.24, 2.45) is 0 Å². The molecule has 0 saturated carbocycles. The van der Waals surface area contributed by atoms with Crippen LogP contribution in [0.15, 0.2) is 24.3 Å². The number of unbranched alkanes of at least 4 members (excludes halogenated alkanes) is 1. The Kier molecular flexibility index (Phi) is 3.66.